The normalized spacial score (nSPS) is 18.1. The van der Waals surface area contributed by atoms with E-state index in [-0.39, 0.29) is 11.7 Å². The van der Waals surface area contributed by atoms with Gasteiger partial charge in [-0.25, -0.2) is 0 Å². The zero-order valence-corrected chi connectivity index (χ0v) is 16.8. The lowest BCUT2D eigenvalue weighted by atomic mass is 9.87. The van der Waals surface area contributed by atoms with Crippen molar-refractivity contribution in [3.63, 3.8) is 0 Å². The minimum absolute atomic E-state index is 0.0749. The van der Waals surface area contributed by atoms with E-state index in [4.69, 9.17) is 11.5 Å². The smallest absolute Gasteiger partial charge is 0.246 e. The predicted octanol–water partition coefficient (Wildman–Crippen LogP) is 2.24. The van der Waals surface area contributed by atoms with Gasteiger partial charge >= 0.3 is 0 Å². The Morgan fingerprint density at radius 3 is 2.59 bits per heavy atom. The van der Waals surface area contributed by atoms with Crippen LogP contribution in [-0.4, -0.2) is 58.0 Å². The van der Waals surface area contributed by atoms with Crippen LogP contribution in [0.2, 0.25) is 0 Å². The SMILES string of the molecule is C=CC(=O)N1CC2(CCCN2C)C1.N/C(=C\c1cc[nH]c1N)c1ccccc1O. The van der Waals surface area contributed by atoms with Gasteiger partial charge in [-0.3, -0.25) is 9.69 Å². The van der Waals surface area contributed by atoms with Gasteiger partial charge in [0.05, 0.1) is 5.54 Å². The molecule has 154 valence electrons. The fourth-order valence-electron chi connectivity index (χ4n) is 3.91. The number of carbonyl (C=O) groups is 1. The lowest BCUT2D eigenvalue weighted by Gasteiger charge is -2.51. The maximum absolute atomic E-state index is 11.2. The van der Waals surface area contributed by atoms with Crippen LogP contribution in [0.3, 0.4) is 0 Å². The number of aromatic nitrogens is 1. The summed E-state index contributed by atoms with van der Waals surface area (Å²) in [7, 11) is 2.16. The summed E-state index contributed by atoms with van der Waals surface area (Å²) in [6, 6.07) is 8.73. The van der Waals surface area contributed by atoms with Crippen LogP contribution in [0.1, 0.15) is 24.0 Å². The van der Waals surface area contributed by atoms with Gasteiger partial charge in [0.15, 0.2) is 0 Å². The van der Waals surface area contributed by atoms with Crippen LogP contribution < -0.4 is 11.5 Å². The number of likely N-dealkylation sites (N-methyl/N-ethyl adjacent to an activating group) is 1. The highest BCUT2D eigenvalue weighted by molar-refractivity contribution is 5.88. The third kappa shape index (κ3) is 4.30. The number of phenolic OH excluding ortho intramolecular Hbond substituents is 1. The van der Waals surface area contributed by atoms with Gasteiger partial charge in [0.25, 0.3) is 0 Å². The molecule has 0 aliphatic carbocycles. The number of aromatic amines is 1. The third-order valence-corrected chi connectivity index (χ3v) is 5.74. The van der Waals surface area contributed by atoms with Gasteiger partial charge in [-0.05, 0) is 56.8 Å². The fraction of sp³-hybridized carbons (Fsp3) is 0.318. The highest BCUT2D eigenvalue weighted by Gasteiger charge is 2.49. The van der Waals surface area contributed by atoms with Crippen molar-refractivity contribution >= 4 is 23.5 Å². The first-order valence-electron chi connectivity index (χ1n) is 9.67. The molecule has 2 aromatic rings. The Hall–Kier alpha value is -3.19. The van der Waals surface area contributed by atoms with Crippen molar-refractivity contribution in [1.82, 2.24) is 14.8 Å². The van der Waals surface area contributed by atoms with Crippen molar-refractivity contribution in [2.24, 2.45) is 5.73 Å². The Bertz CT molecular complexity index is 911. The molecule has 7 nitrogen and oxygen atoms in total. The Balaban J connectivity index is 0.000000169. The van der Waals surface area contributed by atoms with Gasteiger partial charge in [-0.2, -0.15) is 0 Å². The topological polar surface area (TPSA) is 112 Å². The summed E-state index contributed by atoms with van der Waals surface area (Å²) < 4.78 is 0. The Kier molecular flexibility index (Phi) is 5.98. The van der Waals surface area contributed by atoms with Gasteiger partial charge in [0.1, 0.15) is 11.6 Å². The molecule has 0 bridgehead atoms. The number of amides is 1. The van der Waals surface area contributed by atoms with Crippen LogP contribution in [0.5, 0.6) is 5.75 Å². The first kappa shape index (κ1) is 20.5. The molecular weight excluding hydrogens is 366 g/mol. The van der Waals surface area contributed by atoms with E-state index in [9.17, 15) is 9.90 Å². The number of phenols is 1. The molecule has 1 amide bonds. The summed E-state index contributed by atoms with van der Waals surface area (Å²) in [4.78, 5) is 18.3. The van der Waals surface area contributed by atoms with E-state index in [0.29, 0.717) is 22.6 Å². The van der Waals surface area contributed by atoms with Crippen molar-refractivity contribution < 1.29 is 9.90 Å². The molecule has 0 radical (unpaired) electrons. The van der Waals surface area contributed by atoms with Gasteiger partial charge in [-0.15, -0.1) is 0 Å². The van der Waals surface area contributed by atoms with Gasteiger partial charge < -0.3 is 26.5 Å². The number of nitrogens with one attached hydrogen (secondary N) is 1. The Labute approximate surface area is 171 Å². The van der Waals surface area contributed by atoms with Crippen LogP contribution in [0.4, 0.5) is 5.82 Å². The number of nitrogen functional groups attached to an aromatic ring is 1. The van der Waals surface area contributed by atoms with E-state index in [1.165, 1.54) is 25.5 Å². The quantitative estimate of drug-likeness (QED) is 0.596. The monoisotopic (exact) mass is 395 g/mol. The lowest BCUT2D eigenvalue weighted by molar-refractivity contribution is -0.137. The minimum Gasteiger partial charge on any atom is -0.507 e. The van der Waals surface area contributed by atoms with Crippen molar-refractivity contribution in [2.75, 3.05) is 32.4 Å². The number of carbonyl (C=O) groups excluding carboxylic acids is 1. The van der Waals surface area contributed by atoms with Gasteiger partial charge in [-0.1, -0.05) is 18.7 Å². The molecule has 29 heavy (non-hydrogen) atoms. The van der Waals surface area contributed by atoms with Crippen molar-refractivity contribution in [3.05, 3.63) is 60.3 Å². The molecule has 2 aliphatic rings. The number of nitrogens with two attached hydrogens (primary N) is 2. The standard InChI is InChI=1S/C12H13N3O.C10H16N2O/c13-10(7-8-5-6-15-12(8)14)9-3-1-2-4-11(9)16;1-3-9(13)12-7-10(8-12)5-4-6-11(10)2/h1-7,15-16H,13-14H2;3H,1,4-8H2,2H3/b10-7-;. The number of benzene rings is 1. The zero-order valence-electron chi connectivity index (χ0n) is 16.8. The number of anilines is 1. The molecule has 3 heterocycles. The van der Waals surface area contributed by atoms with E-state index < -0.39 is 0 Å². The summed E-state index contributed by atoms with van der Waals surface area (Å²) in [5.41, 5.74) is 13.8. The average molecular weight is 396 g/mol. The number of para-hydroxylation sites is 1. The highest BCUT2D eigenvalue weighted by Crippen LogP contribution is 2.36. The molecule has 2 fully saturated rings. The van der Waals surface area contributed by atoms with E-state index >= 15 is 0 Å². The molecule has 0 atom stereocenters. The first-order chi connectivity index (χ1) is 13.9. The molecule has 1 aromatic carbocycles. The fourth-order valence-corrected chi connectivity index (χ4v) is 3.91. The number of hydrogen-bond acceptors (Lipinski definition) is 5. The van der Waals surface area contributed by atoms with Crippen LogP contribution in [0, 0.1) is 0 Å². The molecule has 1 spiro atoms. The second-order valence-electron chi connectivity index (χ2n) is 7.61. The maximum atomic E-state index is 11.2. The van der Waals surface area contributed by atoms with E-state index in [2.05, 4.69) is 23.5 Å². The number of rotatable bonds is 3. The van der Waals surface area contributed by atoms with Crippen LogP contribution in [-0.2, 0) is 4.79 Å². The highest BCUT2D eigenvalue weighted by atomic mass is 16.3. The third-order valence-electron chi connectivity index (χ3n) is 5.74. The summed E-state index contributed by atoms with van der Waals surface area (Å²) in [6.45, 7) is 6.46. The van der Waals surface area contributed by atoms with Gasteiger partial charge in [0.2, 0.25) is 5.91 Å². The Morgan fingerprint density at radius 1 is 1.31 bits per heavy atom. The van der Waals surface area contributed by atoms with Crippen molar-refractivity contribution in [2.45, 2.75) is 18.4 Å². The molecule has 2 aliphatic heterocycles. The summed E-state index contributed by atoms with van der Waals surface area (Å²) in [5.74, 6) is 0.787. The number of nitrogens with zero attached hydrogens (tertiary/aromatic N) is 2. The van der Waals surface area contributed by atoms with E-state index in [1.807, 2.05) is 17.0 Å². The molecule has 6 N–H and O–H groups in total. The second-order valence-corrected chi connectivity index (χ2v) is 7.61. The van der Waals surface area contributed by atoms with Crippen molar-refractivity contribution in [3.8, 4) is 5.75 Å². The molecule has 1 aromatic heterocycles. The van der Waals surface area contributed by atoms with E-state index in [1.54, 1.807) is 30.5 Å². The largest absolute Gasteiger partial charge is 0.507 e. The number of aromatic hydroxyl groups is 1. The van der Waals surface area contributed by atoms with Crippen LogP contribution in [0.15, 0.2) is 49.2 Å². The summed E-state index contributed by atoms with van der Waals surface area (Å²) in [5, 5.41) is 9.62. The number of H-pyrrole nitrogens is 1. The molecular formula is C22H29N5O2. The summed E-state index contributed by atoms with van der Waals surface area (Å²) >= 11 is 0. The van der Waals surface area contributed by atoms with Crippen molar-refractivity contribution in [1.29, 1.82) is 0 Å². The number of hydrogen-bond donors (Lipinski definition) is 4. The maximum Gasteiger partial charge on any atom is 0.246 e. The molecule has 7 heteroatoms. The number of likely N-dealkylation sites (tertiary alicyclic amines) is 2. The summed E-state index contributed by atoms with van der Waals surface area (Å²) in [6.07, 6.45) is 7.37. The molecule has 0 saturated carbocycles. The zero-order chi connectivity index (χ0) is 21.0. The van der Waals surface area contributed by atoms with Crippen LogP contribution in [0.25, 0.3) is 11.8 Å². The predicted molar refractivity (Wildman–Crippen MR) is 117 cm³/mol. The Morgan fingerprint density at radius 2 is 2.03 bits per heavy atom. The first-order valence-corrected chi connectivity index (χ1v) is 9.67. The lowest BCUT2D eigenvalue weighted by Crippen LogP contribution is -2.67. The molecule has 2 saturated heterocycles. The van der Waals surface area contributed by atoms with Gasteiger partial charge in [0, 0.05) is 36.1 Å². The second kappa shape index (κ2) is 8.45. The average Bonchev–Trinajstić information content (AvgIpc) is 3.26. The molecule has 4 rings (SSSR count). The molecule has 0 unspecified atom stereocenters. The van der Waals surface area contributed by atoms with Crippen LogP contribution >= 0.6 is 0 Å². The minimum atomic E-state index is 0.0749. The van der Waals surface area contributed by atoms with E-state index in [0.717, 1.165) is 18.7 Å².